The van der Waals surface area contributed by atoms with Gasteiger partial charge >= 0.3 is 0 Å². The number of hydrogen-bond acceptors (Lipinski definition) is 3. The number of nitrogen functional groups attached to an aromatic ring is 1. The molecule has 3 aromatic carbocycles. The summed E-state index contributed by atoms with van der Waals surface area (Å²) in [7, 11) is 0. The predicted molar refractivity (Wildman–Crippen MR) is 123 cm³/mol. The molecule has 0 aliphatic carbocycles. The highest BCUT2D eigenvalue weighted by Gasteiger charge is 2.24. The first-order valence-corrected chi connectivity index (χ1v) is 10.7. The Morgan fingerprint density at radius 2 is 1.43 bits per heavy atom. The Kier molecular flexibility index (Phi) is 5.91. The molecule has 0 amide bonds. The van der Waals surface area contributed by atoms with Gasteiger partial charge in [-0.25, -0.2) is 4.39 Å². The van der Waals surface area contributed by atoms with Crippen LogP contribution in [0, 0.1) is 5.82 Å². The second-order valence-corrected chi connectivity index (χ2v) is 8.72. The molecule has 1 aromatic heterocycles. The molecule has 30 heavy (non-hydrogen) atoms. The summed E-state index contributed by atoms with van der Waals surface area (Å²) < 4.78 is 13.4. The summed E-state index contributed by atoms with van der Waals surface area (Å²) in [4.78, 5) is 14.2. The van der Waals surface area contributed by atoms with Gasteiger partial charge in [0.1, 0.15) is 5.82 Å². The third-order valence-corrected chi connectivity index (χ3v) is 6.38. The van der Waals surface area contributed by atoms with Crippen LogP contribution in [0.2, 0.25) is 10.0 Å². The van der Waals surface area contributed by atoms with Gasteiger partial charge in [-0.3, -0.25) is 4.79 Å². The predicted octanol–water partition coefficient (Wildman–Crippen LogP) is 7.27. The first kappa shape index (κ1) is 20.6. The molecule has 4 rings (SSSR count). The van der Waals surface area contributed by atoms with Gasteiger partial charge < -0.3 is 5.73 Å². The van der Waals surface area contributed by atoms with Crippen molar-refractivity contribution in [3.63, 3.8) is 0 Å². The van der Waals surface area contributed by atoms with Gasteiger partial charge in [-0.2, -0.15) is 0 Å². The molecule has 1 heterocycles. The van der Waals surface area contributed by atoms with Crippen LogP contribution in [-0.2, 0) is 6.42 Å². The summed E-state index contributed by atoms with van der Waals surface area (Å²) in [6, 6.07) is 20.4. The van der Waals surface area contributed by atoms with Gasteiger partial charge in [0.15, 0.2) is 5.78 Å². The highest BCUT2D eigenvalue weighted by atomic mass is 35.5. The van der Waals surface area contributed by atoms with Crippen LogP contribution in [-0.4, -0.2) is 5.78 Å². The first-order chi connectivity index (χ1) is 14.4. The molecule has 0 radical (unpaired) electrons. The molecule has 150 valence electrons. The summed E-state index contributed by atoms with van der Waals surface area (Å²) in [6.07, 6.45) is 0.445. The van der Waals surface area contributed by atoms with Crippen LogP contribution in [0.4, 0.5) is 9.39 Å². The largest absolute Gasteiger partial charge is 0.390 e. The van der Waals surface area contributed by atoms with Crippen molar-refractivity contribution >= 4 is 45.3 Å². The van der Waals surface area contributed by atoms with E-state index in [1.165, 1.54) is 23.5 Å². The van der Waals surface area contributed by atoms with Crippen LogP contribution in [0.25, 0.3) is 10.4 Å². The summed E-state index contributed by atoms with van der Waals surface area (Å²) in [5, 5.41) is 1.62. The van der Waals surface area contributed by atoms with Crippen LogP contribution in [0.1, 0.15) is 27.0 Å². The number of thiophene rings is 1. The molecule has 2 nitrogen and oxygen atoms in total. The van der Waals surface area contributed by atoms with Crippen molar-refractivity contribution < 1.29 is 9.18 Å². The molecule has 6 heteroatoms. The maximum atomic E-state index is 13.4. The monoisotopic (exact) mass is 455 g/mol. The molecule has 0 aliphatic heterocycles. The molecular weight excluding hydrogens is 440 g/mol. The van der Waals surface area contributed by atoms with Crippen molar-refractivity contribution in [3.05, 3.63) is 111 Å². The van der Waals surface area contributed by atoms with Gasteiger partial charge in [-0.1, -0.05) is 47.5 Å². The highest BCUT2D eigenvalue weighted by molar-refractivity contribution is 7.20. The zero-order valence-electron chi connectivity index (χ0n) is 15.7. The lowest BCUT2D eigenvalue weighted by molar-refractivity contribution is 0.103. The third kappa shape index (κ3) is 4.26. The quantitative estimate of drug-likeness (QED) is 0.321. The number of rotatable bonds is 5. The maximum Gasteiger partial charge on any atom is 0.196 e. The minimum atomic E-state index is -0.307. The van der Waals surface area contributed by atoms with Crippen LogP contribution < -0.4 is 5.73 Å². The topological polar surface area (TPSA) is 43.1 Å². The lowest BCUT2D eigenvalue weighted by atomic mass is 9.94. The molecule has 0 saturated carbocycles. The van der Waals surface area contributed by atoms with Gasteiger partial charge in [0, 0.05) is 20.5 Å². The molecule has 0 bridgehead atoms. The minimum absolute atomic E-state index is 0.169. The first-order valence-electron chi connectivity index (χ1n) is 9.14. The fraction of sp³-hybridized carbons (Fsp3) is 0.0417. The van der Waals surface area contributed by atoms with Crippen LogP contribution in [0.3, 0.4) is 0 Å². The van der Waals surface area contributed by atoms with Gasteiger partial charge in [0.05, 0.1) is 10.6 Å². The van der Waals surface area contributed by atoms with Crippen LogP contribution in [0.15, 0.2) is 72.8 Å². The van der Waals surface area contributed by atoms with Crippen LogP contribution >= 0.6 is 34.5 Å². The lowest BCUT2D eigenvalue weighted by Crippen LogP contribution is -2.07. The van der Waals surface area contributed by atoms with E-state index in [0.717, 1.165) is 21.6 Å². The minimum Gasteiger partial charge on any atom is -0.390 e. The fourth-order valence-electron chi connectivity index (χ4n) is 3.29. The smallest absolute Gasteiger partial charge is 0.196 e. The van der Waals surface area contributed by atoms with E-state index in [2.05, 4.69) is 0 Å². The third-order valence-electron chi connectivity index (χ3n) is 4.77. The summed E-state index contributed by atoms with van der Waals surface area (Å²) in [6.45, 7) is 0. The second-order valence-electron chi connectivity index (χ2n) is 6.80. The second kappa shape index (κ2) is 8.60. The number of halogens is 3. The molecule has 0 fully saturated rings. The average Bonchev–Trinajstić information content (AvgIpc) is 3.06. The molecule has 0 spiro atoms. The Morgan fingerprint density at radius 1 is 0.867 bits per heavy atom. The van der Waals surface area contributed by atoms with E-state index in [4.69, 9.17) is 28.9 Å². The van der Waals surface area contributed by atoms with Crippen molar-refractivity contribution in [2.45, 2.75) is 6.42 Å². The fourth-order valence-corrected chi connectivity index (χ4v) is 4.63. The number of ketones is 1. The maximum absolute atomic E-state index is 13.4. The van der Waals surface area contributed by atoms with Crippen molar-refractivity contribution in [2.24, 2.45) is 0 Å². The zero-order valence-corrected chi connectivity index (χ0v) is 18.0. The van der Waals surface area contributed by atoms with E-state index in [9.17, 15) is 9.18 Å². The number of benzene rings is 3. The Bertz CT molecular complexity index is 1200. The highest BCUT2D eigenvalue weighted by Crippen LogP contribution is 2.41. The Morgan fingerprint density at radius 3 is 2.03 bits per heavy atom. The molecule has 0 atom stereocenters. The SMILES string of the molecule is Nc1sc(-c2ccc(Cl)cc2)c(Cc2ccc(F)cc2)c1C(=O)c1ccc(Cl)cc1. The summed E-state index contributed by atoms with van der Waals surface area (Å²) in [5.74, 6) is -0.475. The van der Waals surface area contributed by atoms with E-state index in [0.29, 0.717) is 32.6 Å². The van der Waals surface area contributed by atoms with Gasteiger partial charge in [0.25, 0.3) is 0 Å². The standard InChI is InChI=1S/C24H16Cl2FNOS/c25-17-7-3-15(4-8-17)22(29)21-20(13-14-1-11-19(27)12-2-14)23(30-24(21)28)16-5-9-18(26)10-6-16/h1-12H,13,28H2. The van der Waals surface area contributed by atoms with E-state index < -0.39 is 0 Å². The van der Waals surface area contributed by atoms with E-state index in [-0.39, 0.29) is 11.6 Å². The van der Waals surface area contributed by atoms with E-state index in [1.807, 2.05) is 12.1 Å². The van der Waals surface area contributed by atoms with Gasteiger partial charge in [-0.15, -0.1) is 11.3 Å². The van der Waals surface area contributed by atoms with Gasteiger partial charge in [0.2, 0.25) is 0 Å². The molecule has 0 aliphatic rings. The van der Waals surface area contributed by atoms with Crippen molar-refractivity contribution in [3.8, 4) is 10.4 Å². The lowest BCUT2D eigenvalue weighted by Gasteiger charge is -2.09. The van der Waals surface area contributed by atoms with Crippen molar-refractivity contribution in [2.75, 3.05) is 5.73 Å². The van der Waals surface area contributed by atoms with Crippen molar-refractivity contribution in [1.29, 1.82) is 0 Å². The average molecular weight is 456 g/mol. The number of carbonyl (C=O) groups excluding carboxylic acids is 1. The van der Waals surface area contributed by atoms with E-state index in [1.54, 1.807) is 48.5 Å². The van der Waals surface area contributed by atoms with Gasteiger partial charge in [-0.05, 0) is 71.6 Å². The summed E-state index contributed by atoms with van der Waals surface area (Å²) in [5.41, 5.74) is 9.93. The molecule has 0 unspecified atom stereocenters. The summed E-state index contributed by atoms with van der Waals surface area (Å²) >= 11 is 13.4. The normalized spacial score (nSPS) is 10.9. The van der Waals surface area contributed by atoms with Crippen LogP contribution in [0.5, 0.6) is 0 Å². The molecule has 0 saturated heterocycles. The number of nitrogens with two attached hydrogens (primary N) is 1. The number of hydrogen-bond donors (Lipinski definition) is 1. The number of carbonyl (C=O) groups is 1. The Balaban J connectivity index is 1.85. The molecule has 4 aromatic rings. The number of anilines is 1. The Labute approximate surface area is 187 Å². The zero-order chi connectivity index (χ0) is 21.3. The molecular formula is C24H16Cl2FNOS. The Hall–Kier alpha value is -2.66. The van der Waals surface area contributed by atoms with Crippen molar-refractivity contribution in [1.82, 2.24) is 0 Å². The molecule has 2 N–H and O–H groups in total. The van der Waals surface area contributed by atoms with E-state index >= 15 is 0 Å².